The Kier molecular flexibility index (Phi) is 6.14. The maximum absolute atomic E-state index is 13.9. The molecule has 1 aliphatic heterocycles. The summed E-state index contributed by atoms with van der Waals surface area (Å²) in [6.45, 7) is 0.883. The normalized spacial score (nSPS) is 23.9. The van der Waals surface area contributed by atoms with Gasteiger partial charge in [0.1, 0.15) is 0 Å². The fraction of sp³-hybridized carbons (Fsp3) is 0.667. The van der Waals surface area contributed by atoms with E-state index in [1.54, 1.807) is 0 Å². The minimum absolute atomic E-state index is 0.0171. The number of hydrogen-bond donors (Lipinski definition) is 1. The van der Waals surface area contributed by atoms with E-state index < -0.39 is 17.6 Å². The molecule has 2 unspecified atom stereocenters. The van der Waals surface area contributed by atoms with Crippen molar-refractivity contribution in [2.45, 2.75) is 69.5 Å². The molecule has 27 heavy (non-hydrogen) atoms. The van der Waals surface area contributed by atoms with Gasteiger partial charge in [0.05, 0.1) is 5.56 Å². The third-order valence-electron chi connectivity index (χ3n) is 6.41. The number of likely N-dealkylation sites (tertiary alicyclic amines) is 1. The molecule has 1 heterocycles. The van der Waals surface area contributed by atoms with Crippen LogP contribution in [0.25, 0.3) is 0 Å². The van der Waals surface area contributed by atoms with E-state index in [0.717, 1.165) is 64.0 Å². The Labute approximate surface area is 159 Å². The van der Waals surface area contributed by atoms with E-state index in [1.807, 2.05) is 7.05 Å². The van der Waals surface area contributed by atoms with Gasteiger partial charge < -0.3 is 10.6 Å². The predicted molar refractivity (Wildman–Crippen MR) is 99.5 cm³/mol. The van der Waals surface area contributed by atoms with Crippen LogP contribution in [-0.2, 0) is 6.18 Å². The molecule has 1 aromatic rings. The Morgan fingerprint density at radius 1 is 1.11 bits per heavy atom. The van der Waals surface area contributed by atoms with Crippen LogP contribution in [0.3, 0.4) is 0 Å². The smallest absolute Gasteiger partial charge is 0.366 e. The van der Waals surface area contributed by atoms with E-state index in [1.165, 1.54) is 12.1 Å². The third-order valence-corrected chi connectivity index (χ3v) is 6.41. The zero-order valence-corrected chi connectivity index (χ0v) is 15.9. The molecule has 6 heteroatoms. The second-order valence-electron chi connectivity index (χ2n) is 8.10. The SMILES string of the molecule is CN1CCCCC1C(c1c(C(N)=O)cccc1C(F)(F)F)C1CCCCC1. The van der Waals surface area contributed by atoms with Gasteiger partial charge in [0.25, 0.3) is 0 Å². The minimum atomic E-state index is -4.50. The fourth-order valence-electron chi connectivity index (χ4n) is 5.18. The number of piperidine rings is 1. The number of nitrogens with zero attached hydrogens (tertiary/aromatic N) is 1. The lowest BCUT2D eigenvalue weighted by Crippen LogP contribution is -2.44. The molecule has 1 aromatic carbocycles. The second-order valence-corrected chi connectivity index (χ2v) is 8.10. The summed E-state index contributed by atoms with van der Waals surface area (Å²) < 4.78 is 41.8. The van der Waals surface area contributed by atoms with E-state index in [0.29, 0.717) is 0 Å². The van der Waals surface area contributed by atoms with Gasteiger partial charge in [0.2, 0.25) is 5.91 Å². The number of primary amides is 1. The van der Waals surface area contributed by atoms with Crippen LogP contribution >= 0.6 is 0 Å². The number of carbonyl (C=O) groups excluding carboxylic acids is 1. The lowest BCUT2D eigenvalue weighted by Gasteiger charge is -2.44. The summed E-state index contributed by atoms with van der Waals surface area (Å²) in [5.74, 6) is -0.919. The molecule has 2 N–H and O–H groups in total. The molecule has 1 saturated carbocycles. The number of nitrogens with two attached hydrogens (primary N) is 1. The van der Waals surface area contributed by atoms with Crippen LogP contribution in [0, 0.1) is 5.92 Å². The van der Waals surface area contributed by atoms with Gasteiger partial charge in [-0.1, -0.05) is 31.7 Å². The average molecular weight is 382 g/mol. The summed E-state index contributed by atoms with van der Waals surface area (Å²) in [5, 5.41) is 0. The van der Waals surface area contributed by atoms with Crippen molar-refractivity contribution in [1.29, 1.82) is 0 Å². The molecule has 3 nitrogen and oxygen atoms in total. The number of carbonyl (C=O) groups is 1. The third kappa shape index (κ3) is 4.31. The van der Waals surface area contributed by atoms with Crippen LogP contribution in [0.5, 0.6) is 0 Å². The number of rotatable bonds is 4. The fourth-order valence-corrected chi connectivity index (χ4v) is 5.18. The number of likely N-dealkylation sites (N-methyl/N-ethyl adjacent to an activating group) is 1. The first kappa shape index (κ1) is 20.2. The maximum atomic E-state index is 13.9. The Bertz CT molecular complexity index is 668. The summed E-state index contributed by atoms with van der Waals surface area (Å²) >= 11 is 0. The molecule has 1 saturated heterocycles. The van der Waals surface area contributed by atoms with Gasteiger partial charge in [0, 0.05) is 17.5 Å². The van der Waals surface area contributed by atoms with Crippen molar-refractivity contribution in [1.82, 2.24) is 4.90 Å². The van der Waals surface area contributed by atoms with Gasteiger partial charge in [0.15, 0.2) is 0 Å². The van der Waals surface area contributed by atoms with Crippen molar-refractivity contribution in [3.8, 4) is 0 Å². The summed E-state index contributed by atoms with van der Waals surface area (Å²) in [6.07, 6.45) is 3.48. The maximum Gasteiger partial charge on any atom is 0.416 e. The van der Waals surface area contributed by atoms with E-state index in [4.69, 9.17) is 5.73 Å². The van der Waals surface area contributed by atoms with Crippen LogP contribution in [0.1, 0.15) is 78.8 Å². The van der Waals surface area contributed by atoms with Crippen LogP contribution in [0.15, 0.2) is 18.2 Å². The second kappa shape index (κ2) is 8.21. The molecule has 2 fully saturated rings. The largest absolute Gasteiger partial charge is 0.416 e. The molecule has 3 rings (SSSR count). The van der Waals surface area contributed by atoms with Gasteiger partial charge in [-0.05, 0) is 62.9 Å². The molecule has 0 spiro atoms. The van der Waals surface area contributed by atoms with E-state index >= 15 is 0 Å². The number of alkyl halides is 3. The van der Waals surface area contributed by atoms with E-state index in [9.17, 15) is 18.0 Å². The monoisotopic (exact) mass is 382 g/mol. The summed E-state index contributed by atoms with van der Waals surface area (Å²) in [4.78, 5) is 14.3. The molecule has 0 aromatic heterocycles. The van der Waals surface area contributed by atoms with Crippen molar-refractivity contribution in [3.63, 3.8) is 0 Å². The van der Waals surface area contributed by atoms with Crippen LogP contribution in [0.2, 0.25) is 0 Å². The van der Waals surface area contributed by atoms with Gasteiger partial charge in [-0.15, -0.1) is 0 Å². The first-order valence-corrected chi connectivity index (χ1v) is 10.0. The number of hydrogen-bond acceptors (Lipinski definition) is 2. The van der Waals surface area contributed by atoms with Gasteiger partial charge in [-0.25, -0.2) is 0 Å². The first-order valence-electron chi connectivity index (χ1n) is 10.0. The lowest BCUT2D eigenvalue weighted by molar-refractivity contribution is -0.138. The molecular weight excluding hydrogens is 353 g/mol. The van der Waals surface area contributed by atoms with Crippen molar-refractivity contribution >= 4 is 5.91 Å². The lowest BCUT2D eigenvalue weighted by atomic mass is 9.69. The van der Waals surface area contributed by atoms with Crippen molar-refractivity contribution in [2.75, 3.05) is 13.6 Å². The molecule has 150 valence electrons. The Hall–Kier alpha value is -1.56. The Balaban J connectivity index is 2.17. The zero-order chi connectivity index (χ0) is 19.6. The van der Waals surface area contributed by atoms with Crippen molar-refractivity contribution in [3.05, 3.63) is 34.9 Å². The van der Waals surface area contributed by atoms with Crippen LogP contribution in [-0.4, -0.2) is 30.4 Å². The highest BCUT2D eigenvalue weighted by atomic mass is 19.4. The molecule has 1 aliphatic carbocycles. The van der Waals surface area contributed by atoms with E-state index in [-0.39, 0.29) is 29.0 Å². The van der Waals surface area contributed by atoms with Gasteiger partial charge >= 0.3 is 6.18 Å². The average Bonchev–Trinajstić information content (AvgIpc) is 2.63. The standard InChI is InChI=1S/C21H29F3N2O/c1-26-13-6-5-12-17(26)18(14-8-3-2-4-9-14)19-15(20(25)27)10-7-11-16(19)21(22,23)24/h7,10-11,14,17-18H,2-6,8-9,12-13H2,1H3,(H2,25,27). The summed E-state index contributed by atoms with van der Waals surface area (Å²) in [5.41, 5.74) is 5.03. The predicted octanol–water partition coefficient (Wildman–Crippen LogP) is 4.95. The minimum Gasteiger partial charge on any atom is -0.366 e. The molecule has 1 amide bonds. The van der Waals surface area contributed by atoms with Gasteiger partial charge in [-0.3, -0.25) is 4.79 Å². The van der Waals surface area contributed by atoms with Crippen molar-refractivity contribution in [2.24, 2.45) is 11.7 Å². The van der Waals surface area contributed by atoms with Gasteiger partial charge in [-0.2, -0.15) is 13.2 Å². The molecule has 0 bridgehead atoms. The van der Waals surface area contributed by atoms with Crippen LogP contribution < -0.4 is 5.73 Å². The number of amides is 1. The molecule has 2 atom stereocenters. The quantitative estimate of drug-likeness (QED) is 0.801. The summed E-state index contributed by atoms with van der Waals surface area (Å²) in [6, 6.07) is 3.89. The Morgan fingerprint density at radius 2 is 1.78 bits per heavy atom. The molecule has 0 radical (unpaired) electrons. The van der Waals surface area contributed by atoms with Crippen LogP contribution in [0.4, 0.5) is 13.2 Å². The Morgan fingerprint density at radius 3 is 2.37 bits per heavy atom. The number of benzene rings is 1. The topological polar surface area (TPSA) is 46.3 Å². The highest BCUT2D eigenvalue weighted by molar-refractivity contribution is 5.95. The highest BCUT2D eigenvalue weighted by Gasteiger charge is 2.43. The number of halogens is 3. The highest BCUT2D eigenvalue weighted by Crippen LogP contribution is 2.47. The van der Waals surface area contributed by atoms with Crippen molar-refractivity contribution < 1.29 is 18.0 Å². The van der Waals surface area contributed by atoms with E-state index in [2.05, 4.69) is 4.90 Å². The molecule has 2 aliphatic rings. The zero-order valence-electron chi connectivity index (χ0n) is 15.9. The molecular formula is C21H29F3N2O. The first-order chi connectivity index (χ1) is 12.8. The summed E-state index contributed by atoms with van der Waals surface area (Å²) in [7, 11) is 2.00.